The Balaban J connectivity index is 1.22. The SMILES string of the molecule is C=C(Nc1ccc(Cc2ccnc(N3CCC(N(C)C)C3)n2)c2ccccc12)c1cc(F)cc(N2CCCCC2)c1. The predicted octanol–water partition coefficient (Wildman–Crippen LogP) is 6.57. The first-order chi connectivity index (χ1) is 19.9. The Morgan fingerprint density at radius 2 is 1.78 bits per heavy atom. The molecule has 0 saturated carbocycles. The van der Waals surface area contributed by atoms with Gasteiger partial charge in [-0.1, -0.05) is 36.9 Å². The van der Waals surface area contributed by atoms with Gasteiger partial charge in [0.2, 0.25) is 5.95 Å². The van der Waals surface area contributed by atoms with Gasteiger partial charge in [0.25, 0.3) is 0 Å². The Bertz CT molecular complexity index is 1540. The molecule has 0 bridgehead atoms. The molecule has 1 unspecified atom stereocenters. The summed E-state index contributed by atoms with van der Waals surface area (Å²) >= 11 is 0. The van der Waals surface area contributed by atoms with Gasteiger partial charge >= 0.3 is 0 Å². The summed E-state index contributed by atoms with van der Waals surface area (Å²) < 4.78 is 14.7. The van der Waals surface area contributed by atoms with Crippen LogP contribution in [0.4, 0.5) is 21.7 Å². The fourth-order valence-corrected chi connectivity index (χ4v) is 6.12. The third-order valence-electron chi connectivity index (χ3n) is 8.50. The van der Waals surface area contributed by atoms with E-state index in [-0.39, 0.29) is 5.82 Å². The van der Waals surface area contributed by atoms with E-state index in [0.717, 1.165) is 84.8 Å². The number of nitrogens with zero attached hydrogens (tertiary/aromatic N) is 5. The van der Waals surface area contributed by atoms with E-state index < -0.39 is 0 Å². The third-order valence-corrected chi connectivity index (χ3v) is 8.50. The molecule has 0 radical (unpaired) electrons. The standard InChI is InChI=1S/C34H39FN6/c1-24(26-19-27(35)22-30(21-26)40-16-7-4-8-17-40)37-33-12-11-25(31-9-5-6-10-32(31)33)20-28-13-15-36-34(38-28)41-18-14-29(23-41)39(2)3/h5-6,9-13,15,19,21-22,29,37H,1,4,7-8,14,16-18,20,23H2,2-3H3. The molecule has 1 aromatic heterocycles. The number of piperidine rings is 1. The summed E-state index contributed by atoms with van der Waals surface area (Å²) in [6.07, 6.45) is 7.25. The van der Waals surface area contributed by atoms with Crippen molar-refractivity contribution in [2.45, 2.75) is 38.1 Å². The summed E-state index contributed by atoms with van der Waals surface area (Å²) in [6, 6.07) is 20.4. The van der Waals surface area contributed by atoms with E-state index in [1.807, 2.05) is 24.4 Å². The van der Waals surface area contributed by atoms with Crippen molar-refractivity contribution in [3.63, 3.8) is 0 Å². The topological polar surface area (TPSA) is 47.5 Å². The minimum Gasteiger partial charge on any atom is -0.371 e. The van der Waals surface area contributed by atoms with Crippen LogP contribution in [0.3, 0.4) is 0 Å². The highest BCUT2D eigenvalue weighted by molar-refractivity contribution is 5.99. The van der Waals surface area contributed by atoms with E-state index in [0.29, 0.717) is 18.2 Å². The minimum atomic E-state index is -0.235. The second-order valence-corrected chi connectivity index (χ2v) is 11.5. The maximum absolute atomic E-state index is 14.7. The maximum Gasteiger partial charge on any atom is 0.225 e. The van der Waals surface area contributed by atoms with Crippen molar-refractivity contribution in [3.05, 3.63) is 96.1 Å². The molecule has 3 aromatic carbocycles. The van der Waals surface area contributed by atoms with Crippen molar-refractivity contribution in [2.24, 2.45) is 0 Å². The van der Waals surface area contributed by atoms with E-state index in [1.165, 1.54) is 12.0 Å². The molecule has 0 aliphatic carbocycles. The molecule has 6 rings (SSSR count). The van der Waals surface area contributed by atoms with E-state index in [2.05, 4.69) is 76.0 Å². The minimum absolute atomic E-state index is 0.235. The van der Waals surface area contributed by atoms with Gasteiger partial charge in [-0.3, -0.25) is 0 Å². The van der Waals surface area contributed by atoms with Crippen LogP contribution in [0.2, 0.25) is 0 Å². The van der Waals surface area contributed by atoms with Crippen molar-refractivity contribution in [1.29, 1.82) is 0 Å². The molecule has 0 amide bonds. The molecule has 41 heavy (non-hydrogen) atoms. The van der Waals surface area contributed by atoms with Gasteiger partial charge in [-0.2, -0.15) is 0 Å². The number of halogens is 1. The number of nitrogens with one attached hydrogen (secondary N) is 1. The molecule has 4 aromatic rings. The van der Waals surface area contributed by atoms with Crippen LogP contribution in [0, 0.1) is 5.82 Å². The fourth-order valence-electron chi connectivity index (χ4n) is 6.12. The number of fused-ring (bicyclic) bond motifs is 1. The van der Waals surface area contributed by atoms with E-state index in [4.69, 9.17) is 4.98 Å². The first kappa shape index (κ1) is 27.2. The molecule has 1 N–H and O–H groups in total. The fraction of sp³-hybridized carbons (Fsp3) is 0.353. The van der Waals surface area contributed by atoms with E-state index in [9.17, 15) is 4.39 Å². The molecule has 1 atom stereocenters. The predicted molar refractivity (Wildman–Crippen MR) is 168 cm³/mol. The molecule has 2 saturated heterocycles. The molecule has 2 fully saturated rings. The Hall–Kier alpha value is -3.97. The van der Waals surface area contributed by atoms with Crippen molar-refractivity contribution in [2.75, 3.05) is 55.4 Å². The number of anilines is 3. The van der Waals surface area contributed by atoms with Crippen LogP contribution in [0.15, 0.2) is 73.4 Å². The van der Waals surface area contributed by atoms with Gasteiger partial charge in [0.05, 0.1) is 5.69 Å². The number of rotatable bonds is 8. The van der Waals surface area contributed by atoms with Gasteiger partial charge in [0, 0.05) is 72.9 Å². The lowest BCUT2D eigenvalue weighted by Crippen LogP contribution is -2.32. The average molecular weight is 551 g/mol. The summed E-state index contributed by atoms with van der Waals surface area (Å²) in [4.78, 5) is 16.4. The van der Waals surface area contributed by atoms with Crippen molar-refractivity contribution >= 4 is 33.8 Å². The highest BCUT2D eigenvalue weighted by Crippen LogP contribution is 2.32. The van der Waals surface area contributed by atoms with E-state index in [1.54, 1.807) is 12.1 Å². The summed E-state index contributed by atoms with van der Waals surface area (Å²) in [5.74, 6) is 0.575. The number of likely N-dealkylation sites (N-methyl/N-ethyl adjacent to an activating group) is 1. The quantitative estimate of drug-likeness (QED) is 0.268. The zero-order valence-corrected chi connectivity index (χ0v) is 24.1. The third kappa shape index (κ3) is 6.05. The molecule has 6 nitrogen and oxygen atoms in total. The van der Waals surface area contributed by atoms with Crippen LogP contribution < -0.4 is 15.1 Å². The van der Waals surface area contributed by atoms with Crippen LogP contribution in [0.5, 0.6) is 0 Å². The first-order valence-corrected chi connectivity index (χ1v) is 14.7. The van der Waals surface area contributed by atoms with Gasteiger partial charge in [0.1, 0.15) is 5.82 Å². The smallest absolute Gasteiger partial charge is 0.225 e. The maximum atomic E-state index is 14.7. The Morgan fingerprint density at radius 1 is 0.976 bits per heavy atom. The Morgan fingerprint density at radius 3 is 2.56 bits per heavy atom. The molecule has 3 heterocycles. The van der Waals surface area contributed by atoms with Crippen LogP contribution in [0.25, 0.3) is 16.5 Å². The lowest BCUT2D eigenvalue weighted by molar-refractivity contribution is 0.315. The van der Waals surface area contributed by atoms with Crippen LogP contribution in [-0.2, 0) is 6.42 Å². The Kier molecular flexibility index (Phi) is 7.88. The van der Waals surface area contributed by atoms with Crippen molar-refractivity contribution in [3.8, 4) is 0 Å². The van der Waals surface area contributed by atoms with Gasteiger partial charge in [-0.25, -0.2) is 14.4 Å². The van der Waals surface area contributed by atoms with Crippen molar-refractivity contribution in [1.82, 2.24) is 14.9 Å². The number of hydrogen-bond acceptors (Lipinski definition) is 6. The number of benzene rings is 3. The normalized spacial score (nSPS) is 17.4. The zero-order valence-electron chi connectivity index (χ0n) is 24.1. The summed E-state index contributed by atoms with van der Waals surface area (Å²) in [5, 5.41) is 5.75. The summed E-state index contributed by atoms with van der Waals surface area (Å²) in [5.41, 5.74) is 5.54. The highest BCUT2D eigenvalue weighted by atomic mass is 19.1. The highest BCUT2D eigenvalue weighted by Gasteiger charge is 2.25. The Labute approximate surface area is 242 Å². The molecular weight excluding hydrogens is 511 g/mol. The zero-order chi connectivity index (χ0) is 28.3. The lowest BCUT2D eigenvalue weighted by Gasteiger charge is -2.29. The monoisotopic (exact) mass is 550 g/mol. The van der Waals surface area contributed by atoms with Crippen molar-refractivity contribution < 1.29 is 4.39 Å². The van der Waals surface area contributed by atoms with E-state index >= 15 is 0 Å². The van der Waals surface area contributed by atoms with Gasteiger partial charge in [-0.15, -0.1) is 0 Å². The summed E-state index contributed by atoms with van der Waals surface area (Å²) in [6.45, 7) is 8.16. The van der Waals surface area contributed by atoms with Crippen LogP contribution >= 0.6 is 0 Å². The largest absolute Gasteiger partial charge is 0.371 e. The van der Waals surface area contributed by atoms with Gasteiger partial charge in [0.15, 0.2) is 0 Å². The molecule has 212 valence electrons. The molecule has 7 heteroatoms. The van der Waals surface area contributed by atoms with Crippen LogP contribution in [0.1, 0.15) is 42.5 Å². The molecule has 2 aliphatic rings. The second-order valence-electron chi connectivity index (χ2n) is 11.5. The first-order valence-electron chi connectivity index (χ1n) is 14.7. The number of aromatic nitrogens is 2. The molecule has 0 spiro atoms. The van der Waals surface area contributed by atoms with Gasteiger partial charge < -0.3 is 20.0 Å². The molecular formula is C34H39FN6. The average Bonchev–Trinajstić information content (AvgIpc) is 3.50. The lowest BCUT2D eigenvalue weighted by atomic mass is 9.99. The van der Waals surface area contributed by atoms with Gasteiger partial charge in [-0.05, 0) is 81.1 Å². The number of hydrogen-bond donors (Lipinski definition) is 1. The summed E-state index contributed by atoms with van der Waals surface area (Å²) in [7, 11) is 4.27. The van der Waals surface area contributed by atoms with Crippen LogP contribution in [-0.4, -0.2) is 61.2 Å². The molecule has 2 aliphatic heterocycles. The second kappa shape index (κ2) is 11.9.